The highest BCUT2D eigenvalue weighted by molar-refractivity contribution is 6.01. The van der Waals surface area contributed by atoms with Crippen LogP contribution in [0.5, 0.6) is 0 Å². The Kier molecular flexibility index (Phi) is 5.43. The van der Waals surface area contributed by atoms with Gasteiger partial charge in [0, 0.05) is 17.2 Å². The molecular weight excluding hydrogens is 261 g/mol. The summed E-state index contributed by atoms with van der Waals surface area (Å²) in [5, 5.41) is 11.5. The van der Waals surface area contributed by atoms with Gasteiger partial charge in [0.25, 0.3) is 0 Å². The molecule has 2 N–H and O–H groups in total. The van der Waals surface area contributed by atoms with Gasteiger partial charge in [-0.1, -0.05) is 12.1 Å². The molecule has 0 saturated heterocycles. The molecule has 0 aliphatic heterocycles. The third kappa shape index (κ3) is 4.50. The molecule has 1 atom stereocenters. The Morgan fingerprint density at radius 3 is 2.25 bits per heavy atom. The van der Waals surface area contributed by atoms with Crippen LogP contribution in [0.15, 0.2) is 35.4 Å². The van der Waals surface area contributed by atoms with E-state index in [4.69, 9.17) is 5.11 Å². The van der Waals surface area contributed by atoms with Gasteiger partial charge >= 0.3 is 5.97 Å². The van der Waals surface area contributed by atoms with Crippen molar-refractivity contribution in [3.63, 3.8) is 0 Å². The van der Waals surface area contributed by atoms with Gasteiger partial charge in [-0.05, 0) is 44.9 Å². The molecule has 4 nitrogen and oxygen atoms in total. The predicted molar refractivity (Wildman–Crippen MR) is 73.7 cm³/mol. The summed E-state index contributed by atoms with van der Waals surface area (Å²) in [6, 6.07) is 5.86. The summed E-state index contributed by atoms with van der Waals surface area (Å²) in [4.78, 5) is 22.6. The molecule has 0 heterocycles. The van der Waals surface area contributed by atoms with E-state index in [9.17, 15) is 14.0 Å². The van der Waals surface area contributed by atoms with Crippen molar-refractivity contribution in [2.24, 2.45) is 0 Å². The van der Waals surface area contributed by atoms with Crippen molar-refractivity contribution in [2.45, 2.75) is 33.2 Å². The molecule has 0 aliphatic rings. The van der Waals surface area contributed by atoms with E-state index in [1.807, 2.05) is 6.92 Å². The van der Waals surface area contributed by atoms with Crippen LogP contribution in [0.1, 0.15) is 26.3 Å². The zero-order valence-corrected chi connectivity index (χ0v) is 11.7. The Morgan fingerprint density at radius 1 is 1.20 bits per heavy atom. The molecule has 1 rings (SSSR count). The number of halogens is 1. The normalized spacial score (nSPS) is 13.4. The highest BCUT2D eigenvalue weighted by atomic mass is 19.1. The van der Waals surface area contributed by atoms with Crippen LogP contribution in [0, 0.1) is 5.82 Å². The number of carbonyl (C=O) groups excluding carboxylic acids is 1. The Morgan fingerprint density at radius 2 is 1.75 bits per heavy atom. The van der Waals surface area contributed by atoms with Crippen LogP contribution in [0.25, 0.3) is 0 Å². The van der Waals surface area contributed by atoms with Gasteiger partial charge in [0.2, 0.25) is 5.91 Å². The number of aliphatic carboxylic acids is 1. The first-order valence-electron chi connectivity index (χ1n) is 6.27. The number of amides is 1. The van der Waals surface area contributed by atoms with Crippen molar-refractivity contribution in [3.05, 3.63) is 46.8 Å². The predicted octanol–water partition coefficient (Wildman–Crippen LogP) is 2.29. The lowest BCUT2D eigenvalue weighted by molar-refractivity contribution is -0.133. The number of carboxylic acids is 1. The molecule has 1 unspecified atom stereocenters. The van der Waals surface area contributed by atoms with Crippen LogP contribution >= 0.6 is 0 Å². The molecular formula is C15H18FNO3. The molecule has 0 saturated carbocycles. The summed E-state index contributed by atoms with van der Waals surface area (Å²) in [5.74, 6) is -1.82. The van der Waals surface area contributed by atoms with Crippen molar-refractivity contribution in [2.75, 3.05) is 0 Å². The molecule has 1 aromatic rings. The van der Waals surface area contributed by atoms with Crippen LogP contribution in [0.3, 0.4) is 0 Å². The zero-order chi connectivity index (χ0) is 15.3. The van der Waals surface area contributed by atoms with Crippen LogP contribution < -0.4 is 5.32 Å². The smallest absolute Gasteiger partial charge is 0.331 e. The first-order valence-corrected chi connectivity index (χ1v) is 6.27. The third-order valence-corrected chi connectivity index (χ3v) is 3.06. The van der Waals surface area contributed by atoms with Gasteiger partial charge in [0.15, 0.2) is 0 Å². The molecule has 0 aromatic heterocycles. The number of carboxylic acid groups (broad SMARTS) is 1. The fourth-order valence-corrected chi connectivity index (χ4v) is 1.69. The molecule has 0 radical (unpaired) electrons. The van der Waals surface area contributed by atoms with Gasteiger partial charge in [-0.2, -0.15) is 0 Å². The summed E-state index contributed by atoms with van der Waals surface area (Å²) in [7, 11) is 0. The maximum Gasteiger partial charge on any atom is 0.331 e. The maximum atomic E-state index is 12.8. The van der Waals surface area contributed by atoms with E-state index in [1.165, 1.54) is 26.0 Å². The van der Waals surface area contributed by atoms with E-state index in [2.05, 4.69) is 5.32 Å². The fraction of sp³-hybridized carbons (Fsp3) is 0.333. The molecule has 0 fully saturated rings. The summed E-state index contributed by atoms with van der Waals surface area (Å²) >= 11 is 0. The molecule has 108 valence electrons. The topological polar surface area (TPSA) is 66.4 Å². The lowest BCUT2D eigenvalue weighted by Gasteiger charge is -2.15. The van der Waals surface area contributed by atoms with E-state index in [0.29, 0.717) is 6.42 Å². The van der Waals surface area contributed by atoms with Gasteiger partial charge in [-0.25, -0.2) is 9.18 Å². The number of rotatable bonds is 5. The van der Waals surface area contributed by atoms with Gasteiger partial charge in [-0.15, -0.1) is 0 Å². The minimum absolute atomic E-state index is 0.0245. The molecule has 1 amide bonds. The van der Waals surface area contributed by atoms with Crippen molar-refractivity contribution >= 4 is 11.9 Å². The van der Waals surface area contributed by atoms with Crippen LogP contribution in [-0.2, 0) is 16.0 Å². The molecule has 1 aromatic carbocycles. The van der Waals surface area contributed by atoms with Crippen molar-refractivity contribution < 1.29 is 19.1 Å². The van der Waals surface area contributed by atoms with E-state index in [1.54, 1.807) is 12.1 Å². The summed E-state index contributed by atoms with van der Waals surface area (Å²) in [6.45, 7) is 4.68. The molecule has 0 spiro atoms. The van der Waals surface area contributed by atoms with Gasteiger partial charge in [-0.3, -0.25) is 4.79 Å². The summed E-state index contributed by atoms with van der Waals surface area (Å²) in [5.41, 5.74) is 1.11. The number of carbonyl (C=O) groups is 2. The first-order chi connectivity index (χ1) is 9.31. The molecule has 20 heavy (non-hydrogen) atoms. The minimum Gasteiger partial charge on any atom is -0.478 e. The fourth-order valence-electron chi connectivity index (χ4n) is 1.69. The second-order valence-electron chi connectivity index (χ2n) is 4.76. The van der Waals surface area contributed by atoms with Crippen molar-refractivity contribution in [1.82, 2.24) is 5.32 Å². The monoisotopic (exact) mass is 279 g/mol. The SMILES string of the molecule is CC(C(=O)O)=C(C)C(=O)NC(C)Cc1ccc(F)cc1. The Labute approximate surface area is 117 Å². The van der Waals surface area contributed by atoms with E-state index < -0.39 is 11.9 Å². The number of nitrogens with one attached hydrogen (secondary N) is 1. The van der Waals surface area contributed by atoms with Crippen molar-refractivity contribution in [3.8, 4) is 0 Å². The quantitative estimate of drug-likeness (QED) is 0.813. The molecule has 0 bridgehead atoms. The molecule has 0 aliphatic carbocycles. The highest BCUT2D eigenvalue weighted by Crippen LogP contribution is 2.08. The lowest BCUT2D eigenvalue weighted by atomic mass is 10.1. The van der Waals surface area contributed by atoms with Crippen molar-refractivity contribution in [1.29, 1.82) is 0 Å². The standard InChI is InChI=1S/C15H18FNO3/c1-9(8-12-4-6-13(16)7-5-12)17-14(18)10(2)11(3)15(19)20/h4-7,9H,8H2,1-3H3,(H,17,18)(H,19,20). The number of hydrogen-bond acceptors (Lipinski definition) is 2. The van der Waals surface area contributed by atoms with Crippen LogP contribution in [0.4, 0.5) is 4.39 Å². The van der Waals surface area contributed by atoms with Gasteiger partial charge in [0.1, 0.15) is 5.82 Å². The average molecular weight is 279 g/mol. The van der Waals surface area contributed by atoms with E-state index in [-0.39, 0.29) is 23.0 Å². The zero-order valence-electron chi connectivity index (χ0n) is 11.7. The summed E-state index contributed by atoms with van der Waals surface area (Å²) in [6.07, 6.45) is 0.547. The van der Waals surface area contributed by atoms with E-state index in [0.717, 1.165) is 5.56 Å². The average Bonchev–Trinajstić information content (AvgIpc) is 2.39. The number of benzene rings is 1. The van der Waals surface area contributed by atoms with Gasteiger partial charge in [0.05, 0.1) is 0 Å². The first kappa shape index (κ1) is 15.9. The Balaban J connectivity index is 2.64. The number of hydrogen-bond donors (Lipinski definition) is 2. The third-order valence-electron chi connectivity index (χ3n) is 3.06. The highest BCUT2D eigenvalue weighted by Gasteiger charge is 2.14. The lowest BCUT2D eigenvalue weighted by Crippen LogP contribution is -2.35. The Hall–Kier alpha value is -2.17. The largest absolute Gasteiger partial charge is 0.478 e. The maximum absolute atomic E-state index is 12.8. The Bertz CT molecular complexity index is 535. The van der Waals surface area contributed by atoms with Gasteiger partial charge < -0.3 is 10.4 Å². The minimum atomic E-state index is -1.11. The second kappa shape index (κ2) is 6.84. The van der Waals surface area contributed by atoms with Crippen LogP contribution in [-0.4, -0.2) is 23.0 Å². The van der Waals surface area contributed by atoms with Crippen LogP contribution in [0.2, 0.25) is 0 Å². The summed E-state index contributed by atoms with van der Waals surface area (Å²) < 4.78 is 12.8. The van der Waals surface area contributed by atoms with E-state index >= 15 is 0 Å². The second-order valence-corrected chi connectivity index (χ2v) is 4.76. The molecule has 5 heteroatoms.